The number of nitrogens with one attached hydrogen (secondary N) is 1. The SMILES string of the molecule is C=C/C(=C\C(=C)C#N)NC(=O)N(CCC(C1=CCC=CC=C1)c1ccccc1)CCN1CCOCC1.[HH]. The molecule has 6 heteroatoms. The lowest BCUT2D eigenvalue weighted by Gasteiger charge is -2.31. The van der Waals surface area contributed by atoms with E-state index in [1.54, 1.807) is 0 Å². The summed E-state index contributed by atoms with van der Waals surface area (Å²) in [4.78, 5) is 17.5. The summed E-state index contributed by atoms with van der Waals surface area (Å²) in [6, 6.07) is 12.2. The molecule has 36 heavy (non-hydrogen) atoms. The Balaban J connectivity index is 0.00000481. The fraction of sp³-hybridized carbons (Fsp3) is 0.333. The number of carbonyl (C=O) groups excluding carboxylic acids is 1. The van der Waals surface area contributed by atoms with Gasteiger partial charge in [-0.25, -0.2) is 4.79 Å². The molecule has 0 spiro atoms. The van der Waals surface area contributed by atoms with Crippen molar-refractivity contribution in [2.24, 2.45) is 0 Å². The number of nitriles is 1. The lowest BCUT2D eigenvalue weighted by molar-refractivity contribution is 0.0349. The number of hydrogen-bond acceptors (Lipinski definition) is 4. The van der Waals surface area contributed by atoms with Crippen LogP contribution in [0.1, 0.15) is 25.7 Å². The van der Waals surface area contributed by atoms with Gasteiger partial charge in [0.1, 0.15) is 0 Å². The number of morpholine rings is 1. The van der Waals surface area contributed by atoms with E-state index in [1.807, 2.05) is 17.0 Å². The Hall–Kier alpha value is -3.66. The van der Waals surface area contributed by atoms with Gasteiger partial charge in [0.2, 0.25) is 0 Å². The van der Waals surface area contributed by atoms with Crippen molar-refractivity contribution in [3.05, 3.63) is 108 Å². The van der Waals surface area contributed by atoms with Gasteiger partial charge in [0.15, 0.2) is 0 Å². The Morgan fingerprint density at radius 2 is 2.03 bits per heavy atom. The third kappa shape index (κ3) is 8.53. The molecule has 6 nitrogen and oxygen atoms in total. The zero-order valence-electron chi connectivity index (χ0n) is 20.9. The Morgan fingerprint density at radius 3 is 2.75 bits per heavy atom. The molecule has 2 amide bonds. The number of amides is 2. The predicted octanol–water partition coefficient (Wildman–Crippen LogP) is 5.34. The summed E-state index contributed by atoms with van der Waals surface area (Å²) in [6.45, 7) is 12.6. The molecule has 0 bridgehead atoms. The number of hydrogen-bond donors (Lipinski definition) is 1. The average Bonchev–Trinajstić information content (AvgIpc) is 3.20. The number of rotatable bonds is 11. The second-order valence-electron chi connectivity index (χ2n) is 8.79. The van der Waals surface area contributed by atoms with Gasteiger partial charge in [-0.05, 0) is 36.1 Å². The molecule has 1 atom stereocenters. The van der Waals surface area contributed by atoms with E-state index in [2.05, 4.69) is 78.0 Å². The van der Waals surface area contributed by atoms with Crippen LogP contribution in [0.2, 0.25) is 0 Å². The summed E-state index contributed by atoms with van der Waals surface area (Å²) >= 11 is 0. The lowest BCUT2D eigenvalue weighted by Crippen LogP contribution is -2.46. The maximum absolute atomic E-state index is 13.4. The fourth-order valence-electron chi connectivity index (χ4n) is 4.32. The zero-order chi connectivity index (χ0) is 25.6. The summed E-state index contributed by atoms with van der Waals surface area (Å²) in [5.41, 5.74) is 3.22. The van der Waals surface area contributed by atoms with Crippen LogP contribution in [0.5, 0.6) is 0 Å². The summed E-state index contributed by atoms with van der Waals surface area (Å²) < 4.78 is 5.47. The minimum atomic E-state index is -0.209. The van der Waals surface area contributed by atoms with Crippen molar-refractivity contribution in [2.45, 2.75) is 18.8 Å². The van der Waals surface area contributed by atoms with Crippen LogP contribution in [0.25, 0.3) is 0 Å². The monoisotopic (exact) mass is 486 g/mol. The fourth-order valence-corrected chi connectivity index (χ4v) is 4.32. The van der Waals surface area contributed by atoms with Gasteiger partial charge in [-0.2, -0.15) is 5.26 Å². The van der Waals surface area contributed by atoms with E-state index in [0.29, 0.717) is 18.8 Å². The van der Waals surface area contributed by atoms with Gasteiger partial charge in [0.05, 0.1) is 19.3 Å². The number of carbonyl (C=O) groups is 1. The van der Waals surface area contributed by atoms with Crippen LogP contribution in [0.15, 0.2) is 103 Å². The van der Waals surface area contributed by atoms with E-state index < -0.39 is 0 Å². The van der Waals surface area contributed by atoms with Gasteiger partial charge in [-0.3, -0.25) is 4.90 Å². The van der Waals surface area contributed by atoms with Crippen LogP contribution in [0.4, 0.5) is 4.79 Å². The van der Waals surface area contributed by atoms with E-state index in [9.17, 15) is 4.79 Å². The van der Waals surface area contributed by atoms with Crippen LogP contribution in [-0.2, 0) is 4.74 Å². The second-order valence-corrected chi connectivity index (χ2v) is 8.79. The van der Waals surface area contributed by atoms with Crippen LogP contribution < -0.4 is 5.32 Å². The topological polar surface area (TPSA) is 68.6 Å². The van der Waals surface area contributed by atoms with Gasteiger partial charge in [-0.1, -0.05) is 73.9 Å². The van der Waals surface area contributed by atoms with E-state index in [-0.39, 0.29) is 18.9 Å². The minimum absolute atomic E-state index is 0. The van der Waals surface area contributed by atoms with Crippen LogP contribution in [0, 0.1) is 11.3 Å². The molecule has 0 aromatic heterocycles. The lowest BCUT2D eigenvalue weighted by atomic mass is 9.87. The molecule has 0 saturated carbocycles. The molecule has 1 fully saturated rings. The van der Waals surface area contributed by atoms with Crippen LogP contribution >= 0.6 is 0 Å². The highest BCUT2D eigenvalue weighted by Gasteiger charge is 2.21. The first kappa shape index (κ1) is 26.9. The van der Waals surface area contributed by atoms with Crippen LogP contribution in [-0.4, -0.2) is 61.8 Å². The summed E-state index contributed by atoms with van der Waals surface area (Å²) in [5, 5.41) is 12.0. The second kappa shape index (κ2) is 14.7. The average molecular weight is 487 g/mol. The normalized spacial score (nSPS) is 16.9. The zero-order valence-corrected chi connectivity index (χ0v) is 20.9. The van der Waals surface area contributed by atoms with E-state index >= 15 is 0 Å². The molecule has 1 aromatic rings. The number of allylic oxidation sites excluding steroid dienone is 9. The van der Waals surface area contributed by atoms with Gasteiger partial charge in [0, 0.05) is 51.3 Å². The maximum atomic E-state index is 13.4. The summed E-state index contributed by atoms with van der Waals surface area (Å²) in [7, 11) is 0. The predicted molar refractivity (Wildman–Crippen MR) is 147 cm³/mol. The molecule has 1 aliphatic heterocycles. The highest BCUT2D eigenvalue weighted by molar-refractivity contribution is 5.77. The third-order valence-corrected chi connectivity index (χ3v) is 6.34. The molecule has 0 radical (unpaired) electrons. The molecule has 1 aliphatic carbocycles. The molecule has 1 aromatic carbocycles. The van der Waals surface area contributed by atoms with E-state index in [1.165, 1.54) is 23.3 Å². The Labute approximate surface area is 216 Å². The molecule has 1 saturated heterocycles. The van der Waals surface area contributed by atoms with Crippen molar-refractivity contribution in [3.63, 3.8) is 0 Å². The van der Waals surface area contributed by atoms with Crippen molar-refractivity contribution >= 4 is 6.03 Å². The van der Waals surface area contributed by atoms with Gasteiger partial charge in [0.25, 0.3) is 0 Å². The standard InChI is InChI=1S/C30H36N4O2.H2/c1-3-28(23-25(2)24-31)32-30(35)34(18-17-33-19-21-36-22-20-33)16-15-29(27-13-9-6-10-14-27)26-11-7-4-5-8-12-26;/h3-7,9-14,23,29H,1-2,8,15-22H2,(H,32,35);1H/b28-23+;. The van der Waals surface area contributed by atoms with Crippen molar-refractivity contribution < 1.29 is 11.0 Å². The Bertz CT molecular complexity index is 1060. The summed E-state index contributed by atoms with van der Waals surface area (Å²) in [5.74, 6) is 0.175. The third-order valence-electron chi connectivity index (χ3n) is 6.34. The quantitative estimate of drug-likeness (QED) is 0.339. The summed E-state index contributed by atoms with van der Waals surface area (Å²) in [6.07, 6.45) is 15.5. The van der Waals surface area contributed by atoms with Gasteiger partial charge < -0.3 is 15.0 Å². The van der Waals surface area contributed by atoms with Crippen molar-refractivity contribution in [2.75, 3.05) is 45.9 Å². The first-order valence-electron chi connectivity index (χ1n) is 12.5. The van der Waals surface area contributed by atoms with Crippen molar-refractivity contribution in [1.29, 1.82) is 5.26 Å². The number of ether oxygens (including phenoxy) is 1. The van der Waals surface area contributed by atoms with Gasteiger partial charge >= 0.3 is 6.03 Å². The largest absolute Gasteiger partial charge is 0.379 e. The molecule has 1 unspecified atom stereocenters. The first-order chi connectivity index (χ1) is 17.6. The van der Waals surface area contributed by atoms with Crippen molar-refractivity contribution in [3.8, 4) is 6.07 Å². The first-order valence-corrected chi connectivity index (χ1v) is 12.5. The molecule has 1 N–H and O–H groups in total. The maximum Gasteiger partial charge on any atom is 0.321 e. The Kier molecular flexibility index (Phi) is 11.0. The van der Waals surface area contributed by atoms with Gasteiger partial charge in [-0.15, -0.1) is 0 Å². The smallest absolute Gasteiger partial charge is 0.321 e. The van der Waals surface area contributed by atoms with Crippen LogP contribution in [0.3, 0.4) is 0 Å². The van der Waals surface area contributed by atoms with E-state index in [4.69, 9.17) is 10.00 Å². The minimum Gasteiger partial charge on any atom is -0.379 e. The number of nitrogens with zero attached hydrogens (tertiary/aromatic N) is 3. The number of benzene rings is 1. The molecule has 1 heterocycles. The molecular weight excluding hydrogens is 448 g/mol. The molecular formula is C30H38N4O2. The number of urea groups is 1. The highest BCUT2D eigenvalue weighted by atomic mass is 16.5. The van der Waals surface area contributed by atoms with Crippen molar-refractivity contribution in [1.82, 2.24) is 15.1 Å². The molecule has 2 aliphatic rings. The Morgan fingerprint density at radius 1 is 1.25 bits per heavy atom. The highest BCUT2D eigenvalue weighted by Crippen LogP contribution is 2.30. The van der Waals surface area contributed by atoms with E-state index in [0.717, 1.165) is 45.7 Å². The molecule has 190 valence electrons. The molecule has 3 rings (SSSR count).